The summed E-state index contributed by atoms with van der Waals surface area (Å²) in [5.74, 6) is 6.28. The van der Waals surface area contributed by atoms with Crippen LogP contribution in [-0.4, -0.2) is 44.4 Å². The molecule has 0 saturated carbocycles. The van der Waals surface area contributed by atoms with Gasteiger partial charge in [-0.05, 0) is 77.9 Å². The number of carbonyl (C=O) groups is 1. The molecule has 8 rings (SSSR count). The molecule has 0 atom stereocenters. The van der Waals surface area contributed by atoms with E-state index in [1.807, 2.05) is 61.9 Å². The predicted octanol–water partition coefficient (Wildman–Crippen LogP) is 7.98. The molecule has 4 aromatic carbocycles. The number of carboxylic acids is 1. The van der Waals surface area contributed by atoms with Crippen molar-refractivity contribution < 1.29 is 23.8 Å². The first-order valence-electron chi connectivity index (χ1n) is 16.9. The molecule has 0 unspecified atom stereocenters. The van der Waals surface area contributed by atoms with Gasteiger partial charge in [0.15, 0.2) is 5.43 Å². The molecule has 4 aliphatic rings. The van der Waals surface area contributed by atoms with Crippen molar-refractivity contribution >= 4 is 33.6 Å². The molecule has 2 aliphatic heterocycles. The Bertz CT molecular complexity index is 2900. The lowest BCUT2D eigenvalue weighted by molar-refractivity contribution is 0.0697. The van der Waals surface area contributed by atoms with E-state index in [2.05, 4.69) is 48.2 Å². The molecular formula is C45H33N2O6+. The van der Waals surface area contributed by atoms with E-state index < -0.39 is 5.97 Å². The fourth-order valence-electron chi connectivity index (χ4n) is 6.77. The van der Waals surface area contributed by atoms with Crippen LogP contribution >= 0.6 is 0 Å². The second-order valence-electron chi connectivity index (χ2n) is 13.3. The number of rotatable bonds is 4. The zero-order valence-electron chi connectivity index (χ0n) is 29.4. The second-order valence-corrected chi connectivity index (χ2v) is 13.3. The van der Waals surface area contributed by atoms with E-state index >= 15 is 0 Å². The lowest BCUT2D eigenvalue weighted by Gasteiger charge is -2.18. The Labute approximate surface area is 304 Å². The van der Waals surface area contributed by atoms with Crippen LogP contribution < -0.4 is 20.3 Å². The molecular weight excluding hydrogens is 665 g/mol. The van der Waals surface area contributed by atoms with Crippen molar-refractivity contribution in [1.82, 2.24) is 4.58 Å². The smallest absolute Gasteiger partial charge is 0.336 e. The van der Waals surface area contributed by atoms with Crippen molar-refractivity contribution in [1.29, 1.82) is 0 Å². The number of hydrogen-bond acceptors (Lipinski definition) is 6. The average Bonchev–Trinajstić information content (AvgIpc) is 3.14. The molecule has 4 aromatic rings. The van der Waals surface area contributed by atoms with E-state index in [0.29, 0.717) is 33.2 Å². The van der Waals surface area contributed by atoms with Gasteiger partial charge in [-0.3, -0.25) is 4.79 Å². The van der Waals surface area contributed by atoms with E-state index in [0.717, 1.165) is 50.0 Å². The normalized spacial score (nSPS) is 11.2. The minimum absolute atomic E-state index is 0.0138. The number of benzene rings is 6. The number of aromatic hydroxyl groups is 1. The molecule has 53 heavy (non-hydrogen) atoms. The molecule has 8 heteroatoms. The van der Waals surface area contributed by atoms with Gasteiger partial charge >= 0.3 is 5.97 Å². The first-order chi connectivity index (χ1) is 25.5. The van der Waals surface area contributed by atoms with Gasteiger partial charge < -0.3 is 23.9 Å². The zero-order chi connectivity index (χ0) is 37.0. The van der Waals surface area contributed by atoms with E-state index in [9.17, 15) is 19.8 Å². The van der Waals surface area contributed by atoms with Crippen LogP contribution in [0.5, 0.6) is 5.75 Å². The molecule has 0 saturated heterocycles. The molecule has 0 aromatic heterocycles. The molecule has 2 aliphatic carbocycles. The van der Waals surface area contributed by atoms with Crippen LogP contribution in [0.1, 0.15) is 21.5 Å². The van der Waals surface area contributed by atoms with Crippen molar-refractivity contribution in [3.05, 3.63) is 148 Å². The summed E-state index contributed by atoms with van der Waals surface area (Å²) in [4.78, 5) is 26.9. The minimum atomic E-state index is -1.13. The Hall–Kier alpha value is -7.11. The van der Waals surface area contributed by atoms with Gasteiger partial charge in [-0.25, -0.2) is 9.37 Å². The molecule has 8 nitrogen and oxygen atoms in total. The van der Waals surface area contributed by atoms with E-state index in [1.54, 1.807) is 30.3 Å². The molecule has 0 fully saturated rings. The predicted molar refractivity (Wildman–Crippen MR) is 209 cm³/mol. The van der Waals surface area contributed by atoms with Crippen LogP contribution in [0.25, 0.3) is 66.8 Å². The van der Waals surface area contributed by atoms with Crippen molar-refractivity contribution in [3.63, 3.8) is 0 Å². The number of phenolic OH excluding ortho intramolecular Hbond substituents is 1. The summed E-state index contributed by atoms with van der Waals surface area (Å²) in [5.41, 5.74) is 7.91. The number of phenols is 1. The fourth-order valence-corrected chi connectivity index (χ4v) is 6.77. The highest BCUT2D eigenvalue weighted by Crippen LogP contribution is 2.43. The SMILES string of the molecule is CN(C)c1ccc2c(-c3ccc(C#Cc4ccc(-c5c6ccc(=O)cc-6oc6cc(O)ccc56)c(C(=O)O)c4)cc3)c3ccc(=[N+](C)C)cc-3oc2c1. The topological polar surface area (TPSA) is 107 Å². The highest BCUT2D eigenvalue weighted by molar-refractivity contribution is 6.08. The summed E-state index contributed by atoms with van der Waals surface area (Å²) >= 11 is 0. The maximum absolute atomic E-state index is 12.7. The Morgan fingerprint density at radius 3 is 2.02 bits per heavy atom. The molecule has 2 N–H and O–H groups in total. The molecule has 2 heterocycles. The van der Waals surface area contributed by atoms with Gasteiger partial charge in [0.25, 0.3) is 0 Å². The Kier molecular flexibility index (Phi) is 8.04. The summed E-state index contributed by atoms with van der Waals surface area (Å²) in [5, 5.41) is 23.1. The van der Waals surface area contributed by atoms with Gasteiger partial charge in [0.05, 0.1) is 11.6 Å². The number of anilines is 1. The quantitative estimate of drug-likeness (QED) is 0.109. The molecule has 0 amide bonds. The van der Waals surface area contributed by atoms with Crippen LogP contribution in [0.3, 0.4) is 0 Å². The number of nitrogens with zero attached hydrogens (tertiary/aromatic N) is 2. The van der Waals surface area contributed by atoms with Gasteiger partial charge in [-0.15, -0.1) is 0 Å². The number of aromatic carboxylic acids is 1. The van der Waals surface area contributed by atoms with Crippen molar-refractivity contribution in [2.75, 3.05) is 33.1 Å². The third-order valence-electron chi connectivity index (χ3n) is 9.44. The maximum Gasteiger partial charge on any atom is 0.336 e. The van der Waals surface area contributed by atoms with Crippen LogP contribution in [-0.2, 0) is 0 Å². The highest BCUT2D eigenvalue weighted by atomic mass is 16.4. The number of fused-ring (bicyclic) bond motifs is 4. The first kappa shape index (κ1) is 33.1. The minimum Gasteiger partial charge on any atom is -0.508 e. The van der Waals surface area contributed by atoms with E-state index in [1.165, 1.54) is 24.3 Å². The van der Waals surface area contributed by atoms with Crippen LogP contribution in [0.15, 0.2) is 129 Å². The summed E-state index contributed by atoms with van der Waals surface area (Å²) in [6.07, 6.45) is 0. The van der Waals surface area contributed by atoms with Crippen molar-refractivity contribution in [3.8, 4) is 62.5 Å². The van der Waals surface area contributed by atoms with E-state index in [-0.39, 0.29) is 22.5 Å². The highest BCUT2D eigenvalue weighted by Gasteiger charge is 2.23. The summed E-state index contributed by atoms with van der Waals surface area (Å²) in [7, 11) is 8.02. The number of carboxylic acid groups (broad SMARTS) is 1. The Morgan fingerprint density at radius 2 is 1.28 bits per heavy atom. The van der Waals surface area contributed by atoms with Crippen LogP contribution in [0.2, 0.25) is 0 Å². The average molecular weight is 698 g/mol. The molecule has 0 bridgehead atoms. The maximum atomic E-state index is 12.7. The van der Waals surface area contributed by atoms with Gasteiger partial charge in [0.2, 0.25) is 5.36 Å². The largest absolute Gasteiger partial charge is 0.508 e. The fraction of sp³-hybridized carbons (Fsp3) is 0.0889. The zero-order valence-corrected chi connectivity index (χ0v) is 29.4. The van der Waals surface area contributed by atoms with Gasteiger partial charge in [-0.2, -0.15) is 0 Å². The van der Waals surface area contributed by atoms with Crippen LogP contribution in [0, 0.1) is 11.8 Å². The lowest BCUT2D eigenvalue weighted by Crippen LogP contribution is -2.21. The summed E-state index contributed by atoms with van der Waals surface area (Å²) < 4.78 is 14.5. The van der Waals surface area contributed by atoms with Gasteiger partial charge in [-0.1, -0.05) is 30.0 Å². The van der Waals surface area contributed by atoms with E-state index in [4.69, 9.17) is 8.83 Å². The third-order valence-corrected chi connectivity index (χ3v) is 9.44. The first-order valence-corrected chi connectivity index (χ1v) is 16.9. The standard InChI is InChI=1S/C45H32N2O6/c1-46(2)29-12-17-34-39(22-29)52-40-23-30(47(3)4)13-18-35(40)43(34)28-10-7-26(8-11-28)5-6-27-9-16-33(38(21-27)45(50)51)44-36-19-14-31(48)24-41(36)53-42-25-32(49)15-20-37(42)44/h7-25H,1-4H3,(H-,48,49,50,51)/p+1. The molecule has 258 valence electrons. The lowest BCUT2D eigenvalue weighted by atomic mass is 9.90. The third kappa shape index (κ3) is 6.04. The van der Waals surface area contributed by atoms with Gasteiger partial charge in [0, 0.05) is 88.2 Å². The Morgan fingerprint density at radius 1 is 0.660 bits per heavy atom. The van der Waals surface area contributed by atoms with Crippen LogP contribution in [0.4, 0.5) is 5.69 Å². The summed E-state index contributed by atoms with van der Waals surface area (Å²) in [6, 6.07) is 34.6. The molecule has 0 spiro atoms. The molecule has 0 radical (unpaired) electrons. The summed E-state index contributed by atoms with van der Waals surface area (Å²) in [6.45, 7) is 0. The number of hydrogen-bond donors (Lipinski definition) is 2. The van der Waals surface area contributed by atoms with Gasteiger partial charge in [0.1, 0.15) is 42.5 Å². The van der Waals surface area contributed by atoms with Crippen molar-refractivity contribution in [2.45, 2.75) is 0 Å². The Balaban J connectivity index is 1.19. The monoisotopic (exact) mass is 697 g/mol. The second kappa shape index (κ2) is 12.9. The van der Waals surface area contributed by atoms with Crippen molar-refractivity contribution in [2.24, 2.45) is 0 Å².